The minimum Gasteiger partial charge on any atom is -0.346 e. The zero-order chi connectivity index (χ0) is 16.5. The summed E-state index contributed by atoms with van der Waals surface area (Å²) in [5.41, 5.74) is 1.06. The molecule has 0 spiro atoms. The highest BCUT2D eigenvalue weighted by Gasteiger charge is 2.14. The lowest BCUT2D eigenvalue weighted by molar-refractivity contribution is 0.781. The minimum atomic E-state index is -0.255. The van der Waals surface area contributed by atoms with E-state index in [4.69, 9.17) is 0 Å². The Labute approximate surface area is 135 Å². The van der Waals surface area contributed by atoms with E-state index in [2.05, 4.69) is 35.6 Å². The van der Waals surface area contributed by atoms with Gasteiger partial charge in [0.25, 0.3) is 5.56 Å². The second-order valence-electron chi connectivity index (χ2n) is 5.28. The first kappa shape index (κ1) is 14.1. The van der Waals surface area contributed by atoms with Gasteiger partial charge in [0.2, 0.25) is 5.95 Å². The van der Waals surface area contributed by atoms with Crippen molar-refractivity contribution in [3.63, 3.8) is 0 Å². The van der Waals surface area contributed by atoms with Crippen LogP contribution in [0.4, 0.5) is 5.95 Å². The first-order valence-corrected chi connectivity index (χ1v) is 7.37. The maximum atomic E-state index is 12.3. The fraction of sp³-hybridized carbons (Fsp3) is 0.133. The fourth-order valence-electron chi connectivity index (χ4n) is 2.44. The fourth-order valence-corrected chi connectivity index (χ4v) is 2.44. The number of fused-ring (bicyclic) bond motifs is 1. The summed E-state index contributed by atoms with van der Waals surface area (Å²) in [5, 5.41) is 14.4. The maximum Gasteiger partial charge on any atom is 0.263 e. The van der Waals surface area contributed by atoms with Gasteiger partial charge in [-0.3, -0.25) is 14.9 Å². The lowest BCUT2D eigenvalue weighted by atomic mass is 10.3. The largest absolute Gasteiger partial charge is 0.346 e. The van der Waals surface area contributed by atoms with Gasteiger partial charge in [0.15, 0.2) is 5.65 Å². The highest BCUT2D eigenvalue weighted by atomic mass is 16.1. The number of benzene rings is 1. The molecule has 0 amide bonds. The Hall–Kier alpha value is -3.49. The molecule has 0 bridgehead atoms. The highest BCUT2D eigenvalue weighted by Crippen LogP contribution is 2.16. The minimum absolute atomic E-state index is 0.193. The Morgan fingerprint density at radius 2 is 2.08 bits per heavy atom. The van der Waals surface area contributed by atoms with Crippen LogP contribution in [0.1, 0.15) is 18.8 Å². The maximum absolute atomic E-state index is 12.3. The normalized spacial score (nSPS) is 12.4. The molecule has 120 valence electrons. The van der Waals surface area contributed by atoms with Gasteiger partial charge in [-0.2, -0.15) is 15.2 Å². The first-order valence-electron chi connectivity index (χ1n) is 7.37. The molecule has 24 heavy (non-hydrogen) atoms. The van der Waals surface area contributed by atoms with Crippen molar-refractivity contribution in [3.05, 3.63) is 59.0 Å². The summed E-state index contributed by atoms with van der Waals surface area (Å²) in [6.45, 7) is 1.89. The van der Waals surface area contributed by atoms with E-state index in [-0.39, 0.29) is 11.6 Å². The summed E-state index contributed by atoms with van der Waals surface area (Å²) in [4.78, 5) is 23.6. The molecule has 3 aromatic heterocycles. The molecule has 0 aliphatic heterocycles. The van der Waals surface area contributed by atoms with Crippen molar-refractivity contribution in [2.75, 3.05) is 5.32 Å². The first-order chi connectivity index (χ1) is 11.7. The van der Waals surface area contributed by atoms with Crippen LogP contribution in [-0.4, -0.2) is 34.9 Å². The summed E-state index contributed by atoms with van der Waals surface area (Å²) >= 11 is 0. The Morgan fingerprint density at radius 3 is 2.83 bits per heavy atom. The van der Waals surface area contributed by atoms with Crippen LogP contribution < -0.4 is 10.9 Å². The van der Waals surface area contributed by atoms with Gasteiger partial charge >= 0.3 is 0 Å². The number of hydrogen-bond donors (Lipinski definition) is 3. The lowest BCUT2D eigenvalue weighted by Gasteiger charge is -2.11. The van der Waals surface area contributed by atoms with E-state index in [0.717, 1.165) is 5.69 Å². The average molecular weight is 322 g/mol. The van der Waals surface area contributed by atoms with E-state index >= 15 is 0 Å². The molecule has 4 rings (SSSR count). The van der Waals surface area contributed by atoms with Crippen LogP contribution in [0.25, 0.3) is 16.7 Å². The summed E-state index contributed by atoms with van der Waals surface area (Å²) in [7, 11) is 0. The molecule has 0 aliphatic rings. The van der Waals surface area contributed by atoms with Crippen LogP contribution >= 0.6 is 0 Å². The smallest absolute Gasteiger partial charge is 0.263 e. The van der Waals surface area contributed by atoms with Crippen LogP contribution in [0.15, 0.2) is 47.7 Å². The van der Waals surface area contributed by atoms with Gasteiger partial charge in [-0.15, -0.1) is 0 Å². The molecule has 0 saturated heterocycles. The number of aromatic nitrogens is 7. The molecular formula is C15H14N8O. The molecule has 1 aromatic carbocycles. The molecule has 0 fully saturated rings. The third kappa shape index (κ3) is 2.41. The van der Waals surface area contributed by atoms with Crippen molar-refractivity contribution in [1.29, 1.82) is 0 Å². The second-order valence-corrected chi connectivity index (χ2v) is 5.28. The Morgan fingerprint density at radius 1 is 1.25 bits per heavy atom. The van der Waals surface area contributed by atoms with Crippen LogP contribution in [0.3, 0.4) is 0 Å². The second kappa shape index (κ2) is 5.61. The molecule has 9 heteroatoms. The molecule has 4 aromatic rings. The van der Waals surface area contributed by atoms with Gasteiger partial charge in [-0.1, -0.05) is 18.2 Å². The third-order valence-corrected chi connectivity index (χ3v) is 3.64. The monoisotopic (exact) mass is 322 g/mol. The SMILES string of the molecule is CC(Nc1nc2c(cnn2-c2ccccc2)c(=O)[nH]1)c1ncn[nH]1. The standard InChI is InChI=1S/C15H14N8O/c1-9(12-16-8-17-22-12)19-15-20-13-11(14(24)21-15)7-18-23(13)10-5-3-2-4-6-10/h2-9H,1H3,(H,16,17,22)(H2,19,20,21,24). The highest BCUT2D eigenvalue weighted by molar-refractivity contribution is 5.76. The van der Waals surface area contributed by atoms with E-state index in [0.29, 0.717) is 22.8 Å². The number of rotatable bonds is 4. The predicted molar refractivity (Wildman–Crippen MR) is 87.9 cm³/mol. The molecular weight excluding hydrogens is 308 g/mol. The number of H-pyrrole nitrogens is 2. The van der Waals surface area contributed by atoms with Crippen LogP contribution in [0, 0.1) is 0 Å². The van der Waals surface area contributed by atoms with Crippen molar-refractivity contribution in [2.45, 2.75) is 13.0 Å². The number of nitrogens with zero attached hydrogens (tertiary/aromatic N) is 5. The van der Waals surface area contributed by atoms with Gasteiger partial charge < -0.3 is 5.32 Å². The molecule has 3 N–H and O–H groups in total. The molecule has 1 atom stereocenters. The van der Waals surface area contributed by atoms with Gasteiger partial charge in [-0.05, 0) is 19.1 Å². The van der Waals surface area contributed by atoms with E-state index < -0.39 is 0 Å². The number of anilines is 1. The van der Waals surface area contributed by atoms with Gasteiger partial charge in [-0.25, -0.2) is 9.67 Å². The van der Waals surface area contributed by atoms with E-state index in [1.165, 1.54) is 12.5 Å². The van der Waals surface area contributed by atoms with Crippen molar-refractivity contribution < 1.29 is 0 Å². The lowest BCUT2D eigenvalue weighted by Crippen LogP contribution is -2.16. The molecule has 9 nitrogen and oxygen atoms in total. The van der Waals surface area contributed by atoms with Gasteiger partial charge in [0.1, 0.15) is 17.5 Å². The number of nitrogens with one attached hydrogen (secondary N) is 3. The average Bonchev–Trinajstić information content (AvgIpc) is 3.25. The Balaban J connectivity index is 1.77. The summed E-state index contributed by atoms with van der Waals surface area (Å²) in [6, 6.07) is 9.34. The van der Waals surface area contributed by atoms with Crippen molar-refractivity contribution in [1.82, 2.24) is 34.9 Å². The van der Waals surface area contributed by atoms with Gasteiger partial charge in [0.05, 0.1) is 17.9 Å². The molecule has 0 radical (unpaired) electrons. The molecule has 0 aliphatic carbocycles. The zero-order valence-electron chi connectivity index (χ0n) is 12.8. The number of para-hydroxylation sites is 1. The zero-order valence-corrected chi connectivity index (χ0v) is 12.8. The van der Waals surface area contributed by atoms with E-state index in [1.54, 1.807) is 4.68 Å². The third-order valence-electron chi connectivity index (χ3n) is 3.64. The number of hydrogen-bond acceptors (Lipinski definition) is 6. The van der Waals surface area contributed by atoms with Gasteiger partial charge in [0, 0.05) is 0 Å². The summed E-state index contributed by atoms with van der Waals surface area (Å²) in [6.07, 6.45) is 2.94. The van der Waals surface area contributed by atoms with Crippen LogP contribution in [0.2, 0.25) is 0 Å². The van der Waals surface area contributed by atoms with E-state index in [1.807, 2.05) is 37.3 Å². The predicted octanol–water partition coefficient (Wildman–Crippen LogP) is 1.40. The van der Waals surface area contributed by atoms with Crippen LogP contribution in [0.5, 0.6) is 0 Å². The van der Waals surface area contributed by atoms with Crippen LogP contribution in [-0.2, 0) is 0 Å². The Kier molecular flexibility index (Phi) is 3.30. The molecule has 0 saturated carbocycles. The van der Waals surface area contributed by atoms with Crippen molar-refractivity contribution in [3.8, 4) is 5.69 Å². The molecule has 1 unspecified atom stereocenters. The number of aromatic amines is 2. The molecule has 3 heterocycles. The van der Waals surface area contributed by atoms with Crippen molar-refractivity contribution >= 4 is 17.0 Å². The quantitative estimate of drug-likeness (QED) is 0.523. The topological polar surface area (TPSA) is 117 Å². The van der Waals surface area contributed by atoms with E-state index in [9.17, 15) is 4.79 Å². The summed E-state index contributed by atoms with van der Waals surface area (Å²) in [5.74, 6) is 0.989. The summed E-state index contributed by atoms with van der Waals surface area (Å²) < 4.78 is 1.63. The Bertz CT molecular complexity index is 1020. The van der Waals surface area contributed by atoms with Crippen molar-refractivity contribution in [2.24, 2.45) is 0 Å².